The number of nitrogens with zero attached hydrogens (tertiary/aromatic N) is 1. The van der Waals surface area contributed by atoms with Crippen molar-refractivity contribution in [3.8, 4) is 0 Å². The number of hydrogen-bond donors (Lipinski definition) is 1. The molecule has 0 radical (unpaired) electrons. The van der Waals surface area contributed by atoms with E-state index in [0.717, 1.165) is 37.3 Å². The third-order valence-corrected chi connectivity index (χ3v) is 3.46. The first-order valence-corrected chi connectivity index (χ1v) is 6.51. The van der Waals surface area contributed by atoms with Gasteiger partial charge in [-0.2, -0.15) is 0 Å². The fourth-order valence-corrected chi connectivity index (χ4v) is 2.30. The predicted octanol–water partition coefficient (Wildman–Crippen LogP) is 2.30. The topological polar surface area (TPSA) is 64.4 Å². The second kappa shape index (κ2) is 5.52. The summed E-state index contributed by atoms with van der Waals surface area (Å²) in [5, 5.41) is 6.87. The molecule has 18 heavy (non-hydrogen) atoms. The molecule has 2 rings (SSSR count). The van der Waals surface area contributed by atoms with Gasteiger partial charge in [0, 0.05) is 6.61 Å². The molecule has 0 aliphatic carbocycles. The Labute approximate surface area is 107 Å². The van der Waals surface area contributed by atoms with E-state index in [1.807, 2.05) is 20.8 Å². The fraction of sp³-hybridized carbons (Fsp3) is 0.692. The Morgan fingerprint density at radius 3 is 3.00 bits per heavy atom. The number of nitrogens with one attached hydrogen (secondary N) is 1. The van der Waals surface area contributed by atoms with Gasteiger partial charge in [-0.15, -0.1) is 0 Å². The number of carbonyl (C=O) groups is 1. The second-order valence-electron chi connectivity index (χ2n) is 4.73. The van der Waals surface area contributed by atoms with Gasteiger partial charge in [0.05, 0.1) is 12.0 Å². The van der Waals surface area contributed by atoms with Crippen molar-refractivity contribution in [2.24, 2.45) is 5.92 Å². The zero-order chi connectivity index (χ0) is 13.1. The lowest BCUT2D eigenvalue weighted by Crippen LogP contribution is -2.36. The minimum Gasteiger partial charge on any atom is -0.378 e. The number of aromatic nitrogens is 1. The summed E-state index contributed by atoms with van der Waals surface area (Å²) in [4.78, 5) is 12.2. The quantitative estimate of drug-likeness (QED) is 0.896. The second-order valence-corrected chi connectivity index (χ2v) is 4.73. The Morgan fingerprint density at radius 1 is 1.56 bits per heavy atom. The van der Waals surface area contributed by atoms with Crippen LogP contribution >= 0.6 is 0 Å². The Hall–Kier alpha value is -1.36. The molecule has 1 fully saturated rings. The lowest BCUT2D eigenvalue weighted by molar-refractivity contribution is -0.127. The highest BCUT2D eigenvalue weighted by Gasteiger charge is 2.29. The van der Waals surface area contributed by atoms with Crippen LogP contribution in [0.1, 0.15) is 38.1 Å². The molecule has 0 unspecified atom stereocenters. The number of carbonyl (C=O) groups excluding carboxylic acids is 1. The summed E-state index contributed by atoms with van der Waals surface area (Å²) in [5.41, 5.74) is 1.52. The molecule has 0 saturated carbocycles. The van der Waals surface area contributed by atoms with Crippen LogP contribution in [0.4, 0.5) is 5.69 Å². The number of amides is 1. The summed E-state index contributed by atoms with van der Waals surface area (Å²) >= 11 is 0. The van der Waals surface area contributed by atoms with E-state index in [0.29, 0.717) is 5.76 Å². The van der Waals surface area contributed by atoms with Gasteiger partial charge in [-0.3, -0.25) is 4.79 Å². The van der Waals surface area contributed by atoms with Crippen molar-refractivity contribution in [2.75, 3.05) is 11.9 Å². The van der Waals surface area contributed by atoms with Crippen LogP contribution in [0.15, 0.2) is 4.52 Å². The Bertz CT molecular complexity index is 428. The van der Waals surface area contributed by atoms with Crippen molar-refractivity contribution in [2.45, 2.75) is 46.1 Å². The molecular weight excluding hydrogens is 232 g/mol. The van der Waals surface area contributed by atoms with Gasteiger partial charge in [-0.05, 0) is 33.1 Å². The molecular formula is C13H20N2O3. The van der Waals surface area contributed by atoms with Crippen molar-refractivity contribution in [3.63, 3.8) is 0 Å². The van der Waals surface area contributed by atoms with Gasteiger partial charge in [0.1, 0.15) is 11.4 Å². The maximum atomic E-state index is 12.2. The minimum absolute atomic E-state index is 0.00296. The molecule has 0 bridgehead atoms. The first-order chi connectivity index (χ1) is 8.63. The summed E-state index contributed by atoms with van der Waals surface area (Å²) in [6, 6.07) is 0. The summed E-state index contributed by atoms with van der Waals surface area (Å²) in [5.74, 6) is 0.575. The molecule has 1 amide bonds. The minimum atomic E-state index is -0.0854. The number of ether oxygens (including phenoxy) is 1. The molecule has 5 heteroatoms. The molecule has 1 aliphatic rings. The molecule has 2 atom stereocenters. The van der Waals surface area contributed by atoms with E-state index in [4.69, 9.17) is 9.26 Å². The van der Waals surface area contributed by atoms with Gasteiger partial charge in [0.15, 0.2) is 5.76 Å². The normalized spacial score (nSPS) is 23.9. The molecule has 100 valence electrons. The number of aryl methyl sites for hydroxylation is 2. The van der Waals surface area contributed by atoms with Gasteiger partial charge >= 0.3 is 0 Å². The van der Waals surface area contributed by atoms with Crippen molar-refractivity contribution in [1.82, 2.24) is 5.16 Å². The highest BCUT2D eigenvalue weighted by Crippen LogP contribution is 2.25. The van der Waals surface area contributed by atoms with Gasteiger partial charge < -0.3 is 14.6 Å². The predicted molar refractivity (Wildman–Crippen MR) is 67.4 cm³/mol. The summed E-state index contributed by atoms with van der Waals surface area (Å²) < 4.78 is 10.6. The largest absolute Gasteiger partial charge is 0.378 e. The highest BCUT2D eigenvalue weighted by molar-refractivity contribution is 5.93. The van der Waals surface area contributed by atoms with E-state index in [1.54, 1.807) is 0 Å². The molecule has 1 N–H and O–H groups in total. The molecule has 1 saturated heterocycles. The molecule has 1 aromatic rings. The average molecular weight is 252 g/mol. The van der Waals surface area contributed by atoms with E-state index in [2.05, 4.69) is 10.5 Å². The first kappa shape index (κ1) is 13.1. The van der Waals surface area contributed by atoms with E-state index in [-0.39, 0.29) is 17.9 Å². The molecule has 1 aliphatic heterocycles. The van der Waals surface area contributed by atoms with Crippen molar-refractivity contribution >= 4 is 11.6 Å². The molecule has 2 heterocycles. The van der Waals surface area contributed by atoms with E-state index in [1.165, 1.54) is 0 Å². The van der Waals surface area contributed by atoms with Gasteiger partial charge in [0.25, 0.3) is 0 Å². The van der Waals surface area contributed by atoms with Crippen molar-refractivity contribution < 1.29 is 14.1 Å². The standard InChI is InChI=1S/C13H20N2O3/c1-4-11-12(9(3)18-15-11)14-13(16)10-6-5-7-17-8(10)2/h8,10H,4-7H2,1-3H3,(H,14,16)/t8-,10-/m1/s1. The lowest BCUT2D eigenvalue weighted by atomic mass is 9.94. The Kier molecular flexibility index (Phi) is 4.01. The molecule has 0 aromatic carbocycles. The third-order valence-electron chi connectivity index (χ3n) is 3.46. The lowest BCUT2D eigenvalue weighted by Gasteiger charge is -2.27. The average Bonchev–Trinajstić information content (AvgIpc) is 2.71. The summed E-state index contributed by atoms with van der Waals surface area (Å²) in [6.07, 6.45) is 2.53. The van der Waals surface area contributed by atoms with E-state index in [9.17, 15) is 4.79 Å². The number of rotatable bonds is 3. The van der Waals surface area contributed by atoms with Crippen LogP contribution < -0.4 is 5.32 Å². The Morgan fingerprint density at radius 2 is 2.33 bits per heavy atom. The highest BCUT2D eigenvalue weighted by atomic mass is 16.5. The van der Waals surface area contributed by atoms with Gasteiger partial charge in [0.2, 0.25) is 5.91 Å². The van der Waals surface area contributed by atoms with Crippen LogP contribution in [-0.4, -0.2) is 23.8 Å². The summed E-state index contributed by atoms with van der Waals surface area (Å²) in [6.45, 7) is 6.49. The van der Waals surface area contributed by atoms with Crippen LogP contribution in [0.25, 0.3) is 0 Å². The fourth-order valence-electron chi connectivity index (χ4n) is 2.30. The van der Waals surface area contributed by atoms with Crippen LogP contribution in [0.3, 0.4) is 0 Å². The number of anilines is 1. The zero-order valence-electron chi connectivity index (χ0n) is 11.2. The van der Waals surface area contributed by atoms with Crippen molar-refractivity contribution in [3.05, 3.63) is 11.5 Å². The van der Waals surface area contributed by atoms with E-state index >= 15 is 0 Å². The van der Waals surface area contributed by atoms with Gasteiger partial charge in [-0.1, -0.05) is 12.1 Å². The summed E-state index contributed by atoms with van der Waals surface area (Å²) in [7, 11) is 0. The van der Waals surface area contributed by atoms with Gasteiger partial charge in [-0.25, -0.2) is 0 Å². The SMILES string of the molecule is CCc1noc(C)c1NC(=O)[C@@H]1CCCO[C@@H]1C. The van der Waals surface area contributed by atoms with E-state index < -0.39 is 0 Å². The molecule has 0 spiro atoms. The maximum absolute atomic E-state index is 12.2. The zero-order valence-corrected chi connectivity index (χ0v) is 11.2. The molecule has 5 nitrogen and oxygen atoms in total. The monoisotopic (exact) mass is 252 g/mol. The first-order valence-electron chi connectivity index (χ1n) is 6.51. The van der Waals surface area contributed by atoms with Crippen LogP contribution in [0, 0.1) is 12.8 Å². The van der Waals surface area contributed by atoms with Crippen LogP contribution in [0.2, 0.25) is 0 Å². The third kappa shape index (κ3) is 2.56. The van der Waals surface area contributed by atoms with Crippen molar-refractivity contribution in [1.29, 1.82) is 0 Å². The smallest absolute Gasteiger partial charge is 0.230 e. The van der Waals surface area contributed by atoms with Crippen LogP contribution in [0.5, 0.6) is 0 Å². The molecule has 1 aromatic heterocycles. The Balaban J connectivity index is 2.08. The van der Waals surface area contributed by atoms with Crippen LogP contribution in [-0.2, 0) is 16.0 Å². The maximum Gasteiger partial charge on any atom is 0.230 e. The number of hydrogen-bond acceptors (Lipinski definition) is 4.